The lowest BCUT2D eigenvalue weighted by Crippen LogP contribution is -2.51. The second-order valence-corrected chi connectivity index (χ2v) is 13.1. The van der Waals surface area contributed by atoms with Gasteiger partial charge in [-0.1, -0.05) is 33.3 Å². The Morgan fingerprint density at radius 3 is 2.49 bits per heavy atom. The van der Waals surface area contributed by atoms with E-state index in [0.29, 0.717) is 23.2 Å². The van der Waals surface area contributed by atoms with Crippen LogP contribution in [0.5, 0.6) is 0 Å². The number of halogens is 3. The molecule has 5 heteroatoms. The maximum absolute atomic E-state index is 12.9. The van der Waals surface area contributed by atoms with Crippen molar-refractivity contribution in [3.63, 3.8) is 0 Å². The van der Waals surface area contributed by atoms with E-state index < -0.39 is 17.5 Å². The number of fused-ring (bicyclic) bond motifs is 5. The number of aliphatic hydroxyl groups is 1. The zero-order chi connectivity index (χ0) is 25.0. The molecule has 1 heterocycles. The van der Waals surface area contributed by atoms with E-state index in [9.17, 15) is 18.3 Å². The van der Waals surface area contributed by atoms with Crippen molar-refractivity contribution in [1.82, 2.24) is 4.98 Å². The van der Waals surface area contributed by atoms with Crippen LogP contribution < -0.4 is 0 Å². The van der Waals surface area contributed by atoms with Crippen LogP contribution in [0.3, 0.4) is 0 Å². The summed E-state index contributed by atoms with van der Waals surface area (Å²) in [6.07, 6.45) is 11.0. The van der Waals surface area contributed by atoms with Gasteiger partial charge in [0.05, 0.1) is 5.60 Å². The molecule has 35 heavy (non-hydrogen) atoms. The molecule has 4 saturated carbocycles. The average Bonchev–Trinajstić information content (AvgIpc) is 3.16. The number of aromatic nitrogens is 1. The molecule has 196 valence electrons. The van der Waals surface area contributed by atoms with E-state index in [0.717, 1.165) is 67.4 Å². The molecule has 5 rings (SSSR count). The lowest BCUT2D eigenvalue weighted by molar-refractivity contribution is -0.141. The molecule has 0 aliphatic heterocycles. The summed E-state index contributed by atoms with van der Waals surface area (Å²) in [4.78, 5) is 3.70. The number of rotatable bonds is 5. The number of alkyl halides is 3. The molecular weight excluding hydrogens is 447 g/mol. The van der Waals surface area contributed by atoms with Crippen LogP contribution in [0.15, 0.2) is 18.3 Å². The first kappa shape index (κ1) is 25.5. The molecule has 0 saturated heterocycles. The molecule has 9 atom stereocenters. The molecule has 1 aromatic rings. The molecule has 0 radical (unpaired) electrons. The Kier molecular flexibility index (Phi) is 6.81. The standard InChI is InChI=1S/C30H44F3NO/c1-4-13-29(35)15-12-22-21(17-29)6-7-24-23(22)11-14-28(3)25(8-9-26(24)28)19(2)16-20-5-10-27(34-18-20)30(31,32)33/h5,10,18-19,21-26,35H,4,6-9,11-17H2,1-3H3/t19-,21-,22+,23-,24-,25-,26+,28-,29-/m1/s1. The first-order chi connectivity index (χ1) is 16.5. The van der Waals surface area contributed by atoms with Crippen molar-refractivity contribution in [3.05, 3.63) is 29.6 Å². The summed E-state index contributed by atoms with van der Waals surface area (Å²) in [7, 11) is 0. The van der Waals surface area contributed by atoms with Crippen LogP contribution in [0.2, 0.25) is 0 Å². The summed E-state index contributed by atoms with van der Waals surface area (Å²) >= 11 is 0. The van der Waals surface area contributed by atoms with Crippen molar-refractivity contribution >= 4 is 0 Å². The molecule has 4 fully saturated rings. The maximum atomic E-state index is 12.9. The number of pyridine rings is 1. The summed E-state index contributed by atoms with van der Waals surface area (Å²) in [5.74, 6) is 5.07. The number of hydrogen-bond donors (Lipinski definition) is 1. The third-order valence-corrected chi connectivity index (χ3v) is 11.3. The quantitative estimate of drug-likeness (QED) is 0.452. The van der Waals surface area contributed by atoms with Gasteiger partial charge in [-0.15, -0.1) is 0 Å². The van der Waals surface area contributed by atoms with Crippen LogP contribution in [0.1, 0.15) is 103 Å². The molecule has 0 unspecified atom stereocenters. The van der Waals surface area contributed by atoms with E-state index in [1.165, 1.54) is 51.1 Å². The van der Waals surface area contributed by atoms with Gasteiger partial charge < -0.3 is 5.11 Å². The second kappa shape index (κ2) is 9.33. The van der Waals surface area contributed by atoms with Gasteiger partial charge in [0.2, 0.25) is 0 Å². The van der Waals surface area contributed by atoms with Crippen LogP contribution in [0.25, 0.3) is 0 Å². The van der Waals surface area contributed by atoms with E-state index in [4.69, 9.17) is 0 Å². The molecule has 4 aliphatic carbocycles. The van der Waals surface area contributed by atoms with Crippen LogP contribution in [-0.4, -0.2) is 15.7 Å². The first-order valence-corrected chi connectivity index (χ1v) is 14.3. The van der Waals surface area contributed by atoms with Gasteiger partial charge in [-0.2, -0.15) is 13.2 Å². The van der Waals surface area contributed by atoms with Crippen molar-refractivity contribution in [2.24, 2.45) is 46.8 Å². The minimum atomic E-state index is -4.37. The van der Waals surface area contributed by atoms with Gasteiger partial charge in [-0.05, 0) is 129 Å². The predicted molar refractivity (Wildman–Crippen MR) is 133 cm³/mol. The summed E-state index contributed by atoms with van der Waals surface area (Å²) in [5.41, 5.74) is 0.0669. The van der Waals surface area contributed by atoms with Gasteiger partial charge in [-0.25, -0.2) is 0 Å². The van der Waals surface area contributed by atoms with E-state index in [1.807, 2.05) is 0 Å². The third kappa shape index (κ3) is 4.68. The van der Waals surface area contributed by atoms with Gasteiger partial charge in [0.1, 0.15) is 5.69 Å². The first-order valence-electron chi connectivity index (χ1n) is 14.3. The normalized spacial score (nSPS) is 42.1. The van der Waals surface area contributed by atoms with Crippen molar-refractivity contribution < 1.29 is 18.3 Å². The zero-order valence-corrected chi connectivity index (χ0v) is 21.8. The van der Waals surface area contributed by atoms with Crippen LogP contribution in [0.4, 0.5) is 13.2 Å². The highest BCUT2D eigenvalue weighted by Gasteiger charge is 2.58. The summed E-state index contributed by atoms with van der Waals surface area (Å²) in [5, 5.41) is 11.1. The lowest BCUT2D eigenvalue weighted by atomic mass is 9.48. The zero-order valence-electron chi connectivity index (χ0n) is 21.8. The smallest absolute Gasteiger partial charge is 0.390 e. The fourth-order valence-corrected chi connectivity index (χ4v) is 9.86. The summed E-state index contributed by atoms with van der Waals surface area (Å²) in [6, 6.07) is 2.76. The van der Waals surface area contributed by atoms with Crippen LogP contribution >= 0.6 is 0 Å². The van der Waals surface area contributed by atoms with Gasteiger partial charge >= 0.3 is 6.18 Å². The Balaban J connectivity index is 1.25. The van der Waals surface area contributed by atoms with E-state index in [1.54, 1.807) is 6.07 Å². The maximum Gasteiger partial charge on any atom is 0.433 e. The number of hydrogen-bond acceptors (Lipinski definition) is 2. The highest BCUT2D eigenvalue weighted by Crippen LogP contribution is 2.66. The van der Waals surface area contributed by atoms with Crippen LogP contribution in [0, 0.1) is 46.8 Å². The molecule has 1 N–H and O–H groups in total. The van der Waals surface area contributed by atoms with Gasteiger partial charge in [0.25, 0.3) is 0 Å². The summed E-state index contributed by atoms with van der Waals surface area (Å²) < 4.78 is 38.7. The molecule has 4 aliphatic rings. The Hall–Kier alpha value is -1.10. The lowest BCUT2D eigenvalue weighted by Gasteiger charge is -2.57. The van der Waals surface area contributed by atoms with Crippen molar-refractivity contribution in [1.29, 1.82) is 0 Å². The average molecular weight is 492 g/mol. The molecule has 1 aromatic heterocycles. The Morgan fingerprint density at radius 2 is 1.80 bits per heavy atom. The van der Waals surface area contributed by atoms with E-state index >= 15 is 0 Å². The van der Waals surface area contributed by atoms with Crippen molar-refractivity contribution in [2.75, 3.05) is 0 Å². The Labute approximate surface area is 209 Å². The molecule has 0 amide bonds. The fourth-order valence-electron chi connectivity index (χ4n) is 9.86. The highest BCUT2D eigenvalue weighted by molar-refractivity contribution is 5.17. The van der Waals surface area contributed by atoms with E-state index in [-0.39, 0.29) is 0 Å². The van der Waals surface area contributed by atoms with Crippen molar-refractivity contribution in [3.8, 4) is 0 Å². The Morgan fingerprint density at radius 1 is 1.03 bits per heavy atom. The fraction of sp³-hybridized carbons (Fsp3) is 0.833. The minimum Gasteiger partial charge on any atom is -0.390 e. The topological polar surface area (TPSA) is 33.1 Å². The van der Waals surface area contributed by atoms with Crippen molar-refractivity contribution in [2.45, 2.75) is 110 Å². The van der Waals surface area contributed by atoms with Crippen LogP contribution in [-0.2, 0) is 12.6 Å². The molecule has 0 spiro atoms. The minimum absolute atomic E-state index is 0.352. The van der Waals surface area contributed by atoms with E-state index in [2.05, 4.69) is 25.8 Å². The van der Waals surface area contributed by atoms with Gasteiger partial charge in [0, 0.05) is 6.20 Å². The number of nitrogens with zero attached hydrogens (tertiary/aromatic N) is 1. The molecule has 2 nitrogen and oxygen atoms in total. The monoisotopic (exact) mass is 491 g/mol. The Bertz CT molecular complexity index is 885. The SMILES string of the molecule is CCC[C@@]1(O)CC[C@H]2[C@H](CC[C@@H]3[C@@H]2CC[C@]2(C)[C@@H]([C@H](C)Cc4ccc(C(F)(F)F)nc4)CC[C@@H]32)C1. The highest BCUT2D eigenvalue weighted by atomic mass is 19.4. The molecule has 0 bridgehead atoms. The summed E-state index contributed by atoms with van der Waals surface area (Å²) in [6.45, 7) is 7.04. The predicted octanol–water partition coefficient (Wildman–Crippen LogP) is 8.08. The second-order valence-electron chi connectivity index (χ2n) is 13.1. The largest absolute Gasteiger partial charge is 0.433 e. The van der Waals surface area contributed by atoms with Gasteiger partial charge in [0.15, 0.2) is 0 Å². The molecule has 0 aromatic carbocycles. The van der Waals surface area contributed by atoms with Gasteiger partial charge in [-0.3, -0.25) is 4.98 Å². The third-order valence-electron chi connectivity index (χ3n) is 11.3. The molecular formula is C30H44F3NO.